The summed E-state index contributed by atoms with van der Waals surface area (Å²) in [5.41, 5.74) is 3.68. The fourth-order valence-electron chi connectivity index (χ4n) is 11.2. The van der Waals surface area contributed by atoms with Crippen molar-refractivity contribution < 1.29 is 0 Å². The molecule has 0 aromatic carbocycles. The SMILES string of the molecule is CCCc1cc(NCCCCN[C@@H]2CC[C@@]3(C)C(CC[C@H]4[C@@H]5CC[C@H]([C@H](C)CCCC(C)C)[C@@]5(C)CC[C@@H]43)C2)ccn1. The lowest BCUT2D eigenvalue weighted by atomic mass is 9.44. The van der Waals surface area contributed by atoms with Crippen LogP contribution in [0.4, 0.5) is 5.69 Å². The number of pyridine rings is 1. The van der Waals surface area contributed by atoms with Gasteiger partial charge in [0.05, 0.1) is 0 Å². The first kappa shape index (κ1) is 32.3. The zero-order valence-corrected chi connectivity index (χ0v) is 28.5. The molecule has 4 saturated carbocycles. The highest BCUT2D eigenvalue weighted by molar-refractivity contribution is 5.43. The van der Waals surface area contributed by atoms with Crippen molar-refractivity contribution in [1.29, 1.82) is 0 Å². The van der Waals surface area contributed by atoms with E-state index in [9.17, 15) is 0 Å². The lowest BCUT2D eigenvalue weighted by Crippen LogP contribution is -2.55. The molecule has 9 atom stereocenters. The minimum atomic E-state index is 0.606. The molecule has 5 rings (SSSR count). The van der Waals surface area contributed by atoms with E-state index in [4.69, 9.17) is 0 Å². The maximum atomic E-state index is 4.48. The molecule has 1 unspecified atom stereocenters. The summed E-state index contributed by atoms with van der Waals surface area (Å²) in [5, 5.41) is 7.64. The van der Waals surface area contributed by atoms with Gasteiger partial charge < -0.3 is 10.6 Å². The number of hydrogen-bond donors (Lipinski definition) is 2. The van der Waals surface area contributed by atoms with Crippen LogP contribution >= 0.6 is 0 Å². The van der Waals surface area contributed by atoms with Gasteiger partial charge in [0.1, 0.15) is 0 Å². The summed E-state index contributed by atoms with van der Waals surface area (Å²) in [6.07, 6.45) is 24.5. The standard InChI is InChI=1S/C39H67N3/c1-7-11-31-27-33(20-25-42-31)41-24-9-8-23-40-32-18-21-38(5)30(26-32)14-15-34-36-17-16-35(29(4)13-10-12-28(2)3)39(36,6)22-19-37(34)38/h20,25,27-30,32,34-37,40H,7-19,21-24,26H2,1-6H3,(H,41,42)/t29-,30?,32-,34+,35-,36+,37+,38+,39-/m1/s1. The molecule has 3 nitrogen and oxygen atoms in total. The lowest BCUT2D eigenvalue weighted by Gasteiger charge is -2.61. The molecule has 42 heavy (non-hydrogen) atoms. The van der Waals surface area contributed by atoms with Crippen LogP contribution in [0.1, 0.15) is 144 Å². The summed E-state index contributed by atoms with van der Waals surface area (Å²) in [6, 6.07) is 5.09. The number of nitrogens with zero attached hydrogens (tertiary/aromatic N) is 1. The Bertz CT molecular complexity index is 974. The normalized spacial score (nSPS) is 36.7. The third-order valence-electron chi connectivity index (χ3n) is 13.6. The molecule has 0 bridgehead atoms. The number of hydrogen-bond acceptors (Lipinski definition) is 3. The van der Waals surface area contributed by atoms with Gasteiger partial charge in [-0.2, -0.15) is 0 Å². The lowest BCUT2D eigenvalue weighted by molar-refractivity contribution is -0.118. The summed E-state index contributed by atoms with van der Waals surface area (Å²) in [7, 11) is 0. The van der Waals surface area contributed by atoms with E-state index in [2.05, 4.69) is 69.3 Å². The molecule has 1 heterocycles. The van der Waals surface area contributed by atoms with Gasteiger partial charge in [-0.15, -0.1) is 0 Å². The fraction of sp³-hybridized carbons (Fsp3) is 0.872. The minimum Gasteiger partial charge on any atom is -0.385 e. The molecular formula is C39H67N3. The summed E-state index contributed by atoms with van der Waals surface area (Å²) in [6.45, 7) is 17.4. The van der Waals surface area contributed by atoms with Crippen molar-refractivity contribution in [2.45, 2.75) is 150 Å². The van der Waals surface area contributed by atoms with E-state index in [1.807, 2.05) is 6.20 Å². The predicted molar refractivity (Wildman–Crippen MR) is 181 cm³/mol. The van der Waals surface area contributed by atoms with Crippen LogP contribution in [0.2, 0.25) is 0 Å². The van der Waals surface area contributed by atoms with Gasteiger partial charge in [-0.3, -0.25) is 4.98 Å². The highest BCUT2D eigenvalue weighted by Crippen LogP contribution is 2.68. The van der Waals surface area contributed by atoms with Crippen molar-refractivity contribution in [2.75, 3.05) is 18.4 Å². The van der Waals surface area contributed by atoms with Crippen molar-refractivity contribution in [3.05, 3.63) is 24.0 Å². The molecule has 4 aliphatic rings. The molecule has 0 spiro atoms. The average Bonchev–Trinajstić information content (AvgIpc) is 3.32. The molecule has 4 aliphatic carbocycles. The monoisotopic (exact) mass is 578 g/mol. The smallest absolute Gasteiger partial charge is 0.0424 e. The second kappa shape index (κ2) is 14.3. The number of nitrogens with one attached hydrogen (secondary N) is 2. The molecule has 0 radical (unpaired) electrons. The molecule has 0 saturated heterocycles. The Labute approximate surface area is 260 Å². The fourth-order valence-corrected chi connectivity index (χ4v) is 11.2. The van der Waals surface area contributed by atoms with Crippen LogP contribution in [0.3, 0.4) is 0 Å². The molecule has 2 N–H and O–H groups in total. The Morgan fingerprint density at radius 1 is 0.881 bits per heavy atom. The van der Waals surface area contributed by atoms with Gasteiger partial charge in [0.15, 0.2) is 0 Å². The summed E-state index contributed by atoms with van der Waals surface area (Å²) < 4.78 is 0. The summed E-state index contributed by atoms with van der Waals surface area (Å²) in [5.74, 6) is 6.76. The number of rotatable bonds is 14. The third kappa shape index (κ3) is 7.07. The highest BCUT2D eigenvalue weighted by atomic mass is 14.9. The van der Waals surface area contributed by atoms with Crippen molar-refractivity contribution >= 4 is 5.69 Å². The Hall–Kier alpha value is -1.09. The second-order valence-electron chi connectivity index (χ2n) is 16.5. The predicted octanol–water partition coefficient (Wildman–Crippen LogP) is 10.3. The van der Waals surface area contributed by atoms with Gasteiger partial charge in [-0.25, -0.2) is 0 Å². The van der Waals surface area contributed by atoms with Crippen LogP contribution in [0.15, 0.2) is 18.3 Å². The number of fused-ring (bicyclic) bond motifs is 5. The Balaban J connectivity index is 1.06. The Kier molecular flexibility index (Phi) is 11.0. The van der Waals surface area contributed by atoms with E-state index in [0.29, 0.717) is 10.8 Å². The van der Waals surface area contributed by atoms with Crippen LogP contribution in [0.5, 0.6) is 0 Å². The number of unbranched alkanes of at least 4 members (excludes halogenated alkanes) is 1. The molecule has 0 aliphatic heterocycles. The first-order chi connectivity index (χ1) is 20.2. The topological polar surface area (TPSA) is 37.0 Å². The first-order valence-corrected chi connectivity index (χ1v) is 18.7. The zero-order valence-electron chi connectivity index (χ0n) is 28.5. The Morgan fingerprint density at radius 2 is 1.67 bits per heavy atom. The van der Waals surface area contributed by atoms with Crippen LogP contribution in [-0.2, 0) is 6.42 Å². The van der Waals surface area contributed by atoms with E-state index < -0.39 is 0 Å². The van der Waals surface area contributed by atoms with E-state index in [0.717, 1.165) is 66.9 Å². The van der Waals surface area contributed by atoms with Crippen molar-refractivity contribution in [1.82, 2.24) is 10.3 Å². The van der Waals surface area contributed by atoms with Gasteiger partial charge in [-0.1, -0.05) is 67.2 Å². The van der Waals surface area contributed by atoms with Crippen LogP contribution in [0.25, 0.3) is 0 Å². The summed E-state index contributed by atoms with van der Waals surface area (Å²) >= 11 is 0. The van der Waals surface area contributed by atoms with E-state index >= 15 is 0 Å². The first-order valence-electron chi connectivity index (χ1n) is 18.7. The van der Waals surface area contributed by atoms with Crippen LogP contribution in [0, 0.1) is 52.3 Å². The van der Waals surface area contributed by atoms with Crippen molar-refractivity contribution in [3.63, 3.8) is 0 Å². The second-order valence-corrected chi connectivity index (χ2v) is 16.5. The molecular weight excluding hydrogens is 510 g/mol. The zero-order chi connectivity index (χ0) is 29.7. The van der Waals surface area contributed by atoms with Gasteiger partial charge in [0.2, 0.25) is 0 Å². The number of aromatic nitrogens is 1. The molecule has 0 amide bonds. The Morgan fingerprint density at radius 3 is 2.48 bits per heavy atom. The molecule has 3 heteroatoms. The van der Waals surface area contributed by atoms with E-state index in [1.54, 1.807) is 0 Å². The molecule has 1 aromatic heterocycles. The molecule has 1 aromatic rings. The van der Waals surface area contributed by atoms with Gasteiger partial charge >= 0.3 is 0 Å². The molecule has 238 valence electrons. The van der Waals surface area contributed by atoms with Crippen LogP contribution in [-0.4, -0.2) is 24.1 Å². The largest absolute Gasteiger partial charge is 0.385 e. The highest BCUT2D eigenvalue weighted by Gasteiger charge is 2.60. The maximum Gasteiger partial charge on any atom is 0.0424 e. The minimum absolute atomic E-state index is 0.606. The summed E-state index contributed by atoms with van der Waals surface area (Å²) in [4.78, 5) is 4.48. The maximum absolute atomic E-state index is 4.48. The van der Waals surface area contributed by atoms with Gasteiger partial charge in [-0.05, 0) is 148 Å². The van der Waals surface area contributed by atoms with E-state index in [-0.39, 0.29) is 0 Å². The van der Waals surface area contributed by atoms with Crippen molar-refractivity contribution in [3.8, 4) is 0 Å². The van der Waals surface area contributed by atoms with Gasteiger partial charge in [0, 0.05) is 30.2 Å². The quantitative estimate of drug-likeness (QED) is 0.216. The number of aryl methyl sites for hydroxylation is 1. The van der Waals surface area contributed by atoms with Gasteiger partial charge in [0.25, 0.3) is 0 Å². The molecule has 4 fully saturated rings. The number of anilines is 1. The third-order valence-corrected chi connectivity index (χ3v) is 13.6. The van der Waals surface area contributed by atoms with Crippen LogP contribution < -0.4 is 10.6 Å². The van der Waals surface area contributed by atoms with E-state index in [1.165, 1.54) is 108 Å². The average molecular weight is 578 g/mol. The van der Waals surface area contributed by atoms with Crippen molar-refractivity contribution in [2.24, 2.45) is 52.3 Å².